The van der Waals surface area contributed by atoms with Gasteiger partial charge in [-0.15, -0.1) is 0 Å². The van der Waals surface area contributed by atoms with Crippen LogP contribution in [0.3, 0.4) is 0 Å². The zero-order chi connectivity index (χ0) is 18.5. The molecule has 0 fully saturated rings. The van der Waals surface area contributed by atoms with E-state index < -0.39 is 11.3 Å². The van der Waals surface area contributed by atoms with Crippen LogP contribution in [0, 0.1) is 5.41 Å². The first kappa shape index (κ1) is 16.7. The summed E-state index contributed by atoms with van der Waals surface area (Å²) < 4.78 is 5.38. The first-order valence-electron chi connectivity index (χ1n) is 8.19. The lowest BCUT2D eigenvalue weighted by Gasteiger charge is -2.26. The van der Waals surface area contributed by atoms with Crippen LogP contribution in [0.2, 0.25) is 0 Å². The van der Waals surface area contributed by atoms with Crippen LogP contribution in [0.1, 0.15) is 46.0 Å². The summed E-state index contributed by atoms with van der Waals surface area (Å²) in [6, 6.07) is 6.74. The van der Waals surface area contributed by atoms with Gasteiger partial charge in [0, 0.05) is 6.42 Å². The quantitative estimate of drug-likeness (QED) is 0.746. The molecule has 2 aromatic heterocycles. The van der Waals surface area contributed by atoms with Crippen LogP contribution >= 0.6 is 11.3 Å². The molecule has 132 valence electrons. The Bertz CT molecular complexity index is 1110. The number of amides is 1. The maximum atomic E-state index is 12.5. The number of nitrogens with one attached hydrogen (secondary N) is 1. The summed E-state index contributed by atoms with van der Waals surface area (Å²) in [5.74, 6) is -0.554. The Hall–Kier alpha value is -2.80. The SMILES string of the molecule is CC1(C)CC(=O)c2sc(NC(=O)c3coc4ccccc4c3=O)nc2C1. The van der Waals surface area contributed by atoms with Gasteiger partial charge in [-0.1, -0.05) is 37.3 Å². The topological polar surface area (TPSA) is 89.3 Å². The average molecular weight is 368 g/mol. The third-order valence-electron chi connectivity index (χ3n) is 4.38. The summed E-state index contributed by atoms with van der Waals surface area (Å²) in [6.45, 7) is 4.04. The average Bonchev–Trinajstić information content (AvgIpc) is 2.96. The molecule has 4 rings (SSSR count). The summed E-state index contributed by atoms with van der Waals surface area (Å²) in [6.07, 6.45) is 2.30. The van der Waals surface area contributed by atoms with Crippen LogP contribution < -0.4 is 10.7 Å². The van der Waals surface area contributed by atoms with Gasteiger partial charge in [0.05, 0.1) is 16.0 Å². The van der Waals surface area contributed by atoms with Crippen molar-refractivity contribution in [3.8, 4) is 0 Å². The van der Waals surface area contributed by atoms with Gasteiger partial charge in [-0.3, -0.25) is 19.7 Å². The third kappa shape index (κ3) is 2.84. The minimum atomic E-state index is -0.595. The fourth-order valence-corrected chi connectivity index (χ4v) is 4.09. The van der Waals surface area contributed by atoms with Crippen molar-refractivity contribution in [2.45, 2.75) is 26.7 Å². The van der Waals surface area contributed by atoms with Gasteiger partial charge in [0.15, 0.2) is 10.9 Å². The molecule has 0 aliphatic heterocycles. The van der Waals surface area contributed by atoms with E-state index in [4.69, 9.17) is 4.42 Å². The number of anilines is 1. The van der Waals surface area contributed by atoms with Gasteiger partial charge in [-0.05, 0) is 24.0 Å². The second-order valence-electron chi connectivity index (χ2n) is 7.16. The van der Waals surface area contributed by atoms with Crippen molar-refractivity contribution in [2.24, 2.45) is 5.41 Å². The molecule has 1 aliphatic carbocycles. The highest BCUT2D eigenvalue weighted by Gasteiger charge is 2.34. The molecule has 26 heavy (non-hydrogen) atoms. The van der Waals surface area contributed by atoms with Crippen LogP contribution in [0.25, 0.3) is 11.0 Å². The number of hydrogen-bond acceptors (Lipinski definition) is 6. The molecule has 0 unspecified atom stereocenters. The fourth-order valence-electron chi connectivity index (χ4n) is 3.17. The predicted molar refractivity (Wildman–Crippen MR) is 99.0 cm³/mol. The summed E-state index contributed by atoms with van der Waals surface area (Å²) >= 11 is 1.15. The van der Waals surface area contributed by atoms with Crippen molar-refractivity contribution >= 4 is 39.1 Å². The first-order chi connectivity index (χ1) is 12.3. The second kappa shape index (κ2) is 5.88. The standard InChI is InChI=1S/C19H16N2O4S/c1-19(2)7-12-16(13(22)8-19)26-18(20-12)21-17(24)11-9-25-14-6-4-3-5-10(14)15(11)23/h3-6,9H,7-8H2,1-2H3,(H,20,21,24). The number of hydrogen-bond donors (Lipinski definition) is 1. The molecule has 2 heterocycles. The molecule has 1 amide bonds. The lowest BCUT2D eigenvalue weighted by molar-refractivity contribution is 0.0915. The normalized spacial score (nSPS) is 15.7. The molecule has 3 aromatic rings. The molecule has 1 aliphatic rings. The molecule has 6 nitrogen and oxygen atoms in total. The molecule has 0 saturated heterocycles. The van der Waals surface area contributed by atoms with Crippen molar-refractivity contribution in [2.75, 3.05) is 5.32 Å². The molecule has 0 bridgehead atoms. The number of thiazole rings is 1. The zero-order valence-corrected chi connectivity index (χ0v) is 15.1. The van der Waals surface area contributed by atoms with Crippen LogP contribution in [0.15, 0.2) is 39.7 Å². The van der Waals surface area contributed by atoms with Gasteiger partial charge in [0.1, 0.15) is 17.4 Å². The summed E-state index contributed by atoms with van der Waals surface area (Å²) in [5, 5.41) is 3.29. The number of carbonyl (C=O) groups is 2. The number of benzene rings is 1. The highest BCUT2D eigenvalue weighted by molar-refractivity contribution is 7.17. The van der Waals surface area contributed by atoms with Gasteiger partial charge in [-0.25, -0.2) is 4.98 Å². The van der Waals surface area contributed by atoms with E-state index >= 15 is 0 Å². The number of nitrogens with zero attached hydrogens (tertiary/aromatic N) is 1. The van der Waals surface area contributed by atoms with Crippen LogP contribution in [-0.4, -0.2) is 16.7 Å². The Labute approximate surface area is 152 Å². The van der Waals surface area contributed by atoms with Crippen molar-refractivity contribution in [1.82, 2.24) is 4.98 Å². The van der Waals surface area contributed by atoms with E-state index in [9.17, 15) is 14.4 Å². The summed E-state index contributed by atoms with van der Waals surface area (Å²) in [4.78, 5) is 42.2. The number of Topliss-reactive ketones (excluding diaryl/α,β-unsaturated/α-hetero) is 1. The maximum Gasteiger partial charge on any atom is 0.264 e. The number of carbonyl (C=O) groups excluding carboxylic acids is 2. The second-order valence-corrected chi connectivity index (χ2v) is 8.16. The minimum absolute atomic E-state index is 0.0412. The number of para-hydroxylation sites is 1. The van der Waals surface area contributed by atoms with E-state index in [1.165, 1.54) is 0 Å². The Morgan fingerprint density at radius 3 is 2.81 bits per heavy atom. The molecule has 0 spiro atoms. The zero-order valence-electron chi connectivity index (χ0n) is 14.3. The van der Waals surface area contributed by atoms with E-state index in [0.717, 1.165) is 17.6 Å². The molecule has 0 saturated carbocycles. The lowest BCUT2D eigenvalue weighted by atomic mass is 9.78. The highest BCUT2D eigenvalue weighted by Crippen LogP contribution is 2.38. The predicted octanol–water partition coefficient (Wildman–Crippen LogP) is 3.66. The van der Waals surface area contributed by atoms with Crippen molar-refractivity contribution in [3.63, 3.8) is 0 Å². The van der Waals surface area contributed by atoms with Gasteiger partial charge >= 0.3 is 0 Å². The molecular formula is C19H16N2O4S. The summed E-state index contributed by atoms with van der Waals surface area (Å²) in [7, 11) is 0. The first-order valence-corrected chi connectivity index (χ1v) is 9.00. The van der Waals surface area contributed by atoms with E-state index in [-0.39, 0.29) is 16.8 Å². The van der Waals surface area contributed by atoms with Crippen molar-refractivity contribution in [3.05, 3.63) is 56.9 Å². The molecular weight excluding hydrogens is 352 g/mol. The van der Waals surface area contributed by atoms with Crippen LogP contribution in [-0.2, 0) is 6.42 Å². The number of ketones is 1. The lowest BCUT2D eigenvalue weighted by Crippen LogP contribution is -2.26. The largest absolute Gasteiger partial charge is 0.463 e. The highest BCUT2D eigenvalue weighted by atomic mass is 32.1. The van der Waals surface area contributed by atoms with Gasteiger partial charge in [0.25, 0.3) is 5.91 Å². The molecule has 0 radical (unpaired) electrons. The van der Waals surface area contributed by atoms with Gasteiger partial charge in [-0.2, -0.15) is 0 Å². The van der Waals surface area contributed by atoms with Gasteiger partial charge < -0.3 is 4.42 Å². The maximum absolute atomic E-state index is 12.5. The van der Waals surface area contributed by atoms with Gasteiger partial charge in [0.2, 0.25) is 5.43 Å². The number of fused-ring (bicyclic) bond motifs is 2. The molecule has 7 heteroatoms. The molecule has 1 N–H and O–H groups in total. The van der Waals surface area contributed by atoms with E-state index in [0.29, 0.717) is 39.5 Å². The Morgan fingerprint density at radius 1 is 1.23 bits per heavy atom. The smallest absolute Gasteiger partial charge is 0.264 e. The third-order valence-corrected chi connectivity index (χ3v) is 5.43. The monoisotopic (exact) mass is 368 g/mol. The summed E-state index contributed by atoms with van der Waals surface area (Å²) in [5.41, 5.74) is 0.494. The van der Waals surface area contributed by atoms with Crippen LogP contribution in [0.4, 0.5) is 5.13 Å². The number of rotatable bonds is 2. The Kier molecular flexibility index (Phi) is 3.77. The molecule has 0 atom stereocenters. The van der Waals surface area contributed by atoms with Crippen molar-refractivity contribution in [1.29, 1.82) is 0 Å². The fraction of sp³-hybridized carbons (Fsp3) is 0.263. The Morgan fingerprint density at radius 2 is 2.00 bits per heavy atom. The minimum Gasteiger partial charge on any atom is -0.463 e. The molecule has 1 aromatic carbocycles. The number of aromatic nitrogens is 1. The van der Waals surface area contributed by atoms with E-state index in [1.54, 1.807) is 24.3 Å². The Balaban J connectivity index is 1.65. The van der Waals surface area contributed by atoms with Crippen molar-refractivity contribution < 1.29 is 14.0 Å². The van der Waals surface area contributed by atoms with Crippen LogP contribution in [0.5, 0.6) is 0 Å². The van der Waals surface area contributed by atoms with E-state index in [1.807, 2.05) is 13.8 Å². The van der Waals surface area contributed by atoms with E-state index in [2.05, 4.69) is 10.3 Å².